The van der Waals surface area contributed by atoms with Crippen LogP contribution in [0, 0.1) is 19.7 Å². The second-order valence-corrected chi connectivity index (χ2v) is 7.64. The number of nitrogens with zero attached hydrogens (tertiary/aromatic N) is 2. The molecule has 1 aliphatic rings. The third kappa shape index (κ3) is 4.88. The van der Waals surface area contributed by atoms with Crippen molar-refractivity contribution in [2.75, 3.05) is 11.9 Å². The minimum atomic E-state index is -1.00. The molecule has 0 saturated carbocycles. The summed E-state index contributed by atoms with van der Waals surface area (Å²) in [6.07, 6.45) is -0.216. The van der Waals surface area contributed by atoms with Gasteiger partial charge in [0.25, 0.3) is 11.8 Å². The Morgan fingerprint density at radius 2 is 1.90 bits per heavy atom. The number of halogens is 1. The number of hydrazine groups is 1. The van der Waals surface area contributed by atoms with Gasteiger partial charge in [-0.1, -0.05) is 23.8 Å². The van der Waals surface area contributed by atoms with Crippen molar-refractivity contribution in [3.63, 3.8) is 0 Å². The van der Waals surface area contributed by atoms with Crippen LogP contribution in [0.5, 0.6) is 0 Å². The molecule has 0 aliphatic carbocycles. The van der Waals surface area contributed by atoms with E-state index < -0.39 is 23.7 Å². The van der Waals surface area contributed by atoms with E-state index in [-0.39, 0.29) is 23.0 Å². The molecule has 0 spiro atoms. The molecule has 31 heavy (non-hydrogen) atoms. The highest BCUT2D eigenvalue weighted by molar-refractivity contribution is 7.80. The van der Waals surface area contributed by atoms with Crippen molar-refractivity contribution in [1.29, 1.82) is 0 Å². The maximum absolute atomic E-state index is 13.5. The van der Waals surface area contributed by atoms with Crippen LogP contribution >= 0.6 is 12.2 Å². The topological polar surface area (TPSA) is 81.8 Å². The lowest BCUT2D eigenvalue weighted by Gasteiger charge is -2.24. The molecular weight excluding hydrogens is 419 g/mol. The van der Waals surface area contributed by atoms with E-state index in [9.17, 15) is 18.8 Å². The zero-order chi connectivity index (χ0) is 22.7. The first-order chi connectivity index (χ1) is 14.7. The van der Waals surface area contributed by atoms with Gasteiger partial charge < -0.3 is 5.32 Å². The number of thiocarbonyl (C=S) groups is 1. The molecule has 0 aromatic heterocycles. The summed E-state index contributed by atoms with van der Waals surface area (Å²) in [5.41, 5.74) is 5.23. The van der Waals surface area contributed by atoms with Crippen molar-refractivity contribution < 1.29 is 18.8 Å². The zero-order valence-electron chi connectivity index (χ0n) is 17.4. The highest BCUT2D eigenvalue weighted by Crippen LogP contribution is 2.21. The average Bonchev–Trinajstić information content (AvgIpc) is 2.93. The molecule has 1 aliphatic heterocycles. The van der Waals surface area contributed by atoms with E-state index in [4.69, 9.17) is 12.2 Å². The Balaban J connectivity index is 1.78. The molecule has 162 valence electrons. The first kappa shape index (κ1) is 22.4. The van der Waals surface area contributed by atoms with Crippen LogP contribution in [0.2, 0.25) is 0 Å². The minimum absolute atomic E-state index is 0.0729. The standard InChI is InChI=1S/C22H23FN4O3S/c1-4-26-21(30)18(12-19(28)24-17-9-8-13(2)10-14(17)3)27(22(26)31)25-20(29)15-6-5-7-16(23)11-15/h5-11,18H,4,12H2,1-3H3,(H,24,28)(H,25,29)/t18-/m0/s1. The lowest BCUT2D eigenvalue weighted by Crippen LogP contribution is -2.49. The third-order valence-corrected chi connectivity index (χ3v) is 5.38. The molecule has 1 heterocycles. The van der Waals surface area contributed by atoms with Crippen molar-refractivity contribution in [1.82, 2.24) is 15.3 Å². The molecule has 1 fully saturated rings. The van der Waals surface area contributed by atoms with Gasteiger partial charge in [-0.25, -0.2) is 9.40 Å². The van der Waals surface area contributed by atoms with Crippen molar-refractivity contribution in [3.05, 3.63) is 65.0 Å². The lowest BCUT2D eigenvalue weighted by atomic mass is 10.1. The van der Waals surface area contributed by atoms with Crippen LogP contribution < -0.4 is 10.7 Å². The average molecular weight is 443 g/mol. The number of hydrogen-bond donors (Lipinski definition) is 2. The molecular formula is C22H23FN4O3S. The molecule has 2 aromatic rings. The monoisotopic (exact) mass is 442 g/mol. The predicted octanol–water partition coefficient (Wildman–Crippen LogP) is 2.93. The molecule has 9 heteroatoms. The maximum atomic E-state index is 13.5. The van der Waals surface area contributed by atoms with Crippen LogP contribution in [-0.4, -0.2) is 45.3 Å². The van der Waals surface area contributed by atoms with Gasteiger partial charge in [-0.05, 0) is 62.8 Å². The lowest BCUT2D eigenvalue weighted by molar-refractivity contribution is -0.130. The smallest absolute Gasteiger partial charge is 0.269 e. The molecule has 1 saturated heterocycles. The fourth-order valence-corrected chi connectivity index (χ4v) is 3.77. The summed E-state index contributed by atoms with van der Waals surface area (Å²) < 4.78 is 13.5. The summed E-state index contributed by atoms with van der Waals surface area (Å²) in [7, 11) is 0. The molecule has 0 radical (unpaired) electrons. The van der Waals surface area contributed by atoms with Crippen LogP contribution in [0.1, 0.15) is 34.8 Å². The SMILES string of the molecule is CCN1C(=O)[C@H](CC(=O)Nc2ccc(C)cc2C)N(NC(=O)c2cccc(F)c2)C1=S. The summed E-state index contributed by atoms with van der Waals surface area (Å²) in [4.78, 5) is 39.4. The van der Waals surface area contributed by atoms with Crippen molar-refractivity contribution in [2.45, 2.75) is 33.2 Å². The van der Waals surface area contributed by atoms with Gasteiger partial charge in [0.05, 0.1) is 6.42 Å². The molecule has 1 atom stereocenters. The molecule has 0 bridgehead atoms. The van der Waals surface area contributed by atoms with Crippen LogP contribution in [-0.2, 0) is 9.59 Å². The first-order valence-corrected chi connectivity index (χ1v) is 10.2. The Hall–Kier alpha value is -3.33. The van der Waals surface area contributed by atoms with Crippen LogP contribution in [0.25, 0.3) is 0 Å². The maximum Gasteiger partial charge on any atom is 0.269 e. The normalized spacial score (nSPS) is 15.9. The van der Waals surface area contributed by atoms with Gasteiger partial charge in [0, 0.05) is 17.8 Å². The highest BCUT2D eigenvalue weighted by atomic mass is 32.1. The van der Waals surface area contributed by atoms with Crippen molar-refractivity contribution in [3.8, 4) is 0 Å². The quantitative estimate of drug-likeness (QED) is 0.673. The van der Waals surface area contributed by atoms with Gasteiger partial charge in [-0.2, -0.15) is 0 Å². The summed E-state index contributed by atoms with van der Waals surface area (Å²) in [5, 5.41) is 4.09. The molecule has 0 unspecified atom stereocenters. The Kier molecular flexibility index (Phi) is 6.65. The number of anilines is 1. The van der Waals surface area contributed by atoms with Gasteiger partial charge in [0.2, 0.25) is 5.91 Å². The summed E-state index contributed by atoms with van der Waals surface area (Å²) in [6, 6.07) is 9.76. The Bertz CT molecular complexity index is 1060. The number of aryl methyl sites for hydroxylation is 2. The van der Waals surface area contributed by atoms with Crippen LogP contribution in [0.4, 0.5) is 10.1 Å². The molecule has 3 amide bonds. The predicted molar refractivity (Wildman–Crippen MR) is 119 cm³/mol. The second kappa shape index (κ2) is 9.22. The summed E-state index contributed by atoms with van der Waals surface area (Å²) >= 11 is 5.34. The fraction of sp³-hybridized carbons (Fsp3) is 0.273. The largest absolute Gasteiger partial charge is 0.326 e. The summed E-state index contributed by atoms with van der Waals surface area (Å²) in [6.45, 7) is 5.87. The van der Waals surface area contributed by atoms with Gasteiger partial charge in [-0.3, -0.25) is 24.7 Å². The van der Waals surface area contributed by atoms with Crippen LogP contribution in [0.3, 0.4) is 0 Å². The number of likely N-dealkylation sites (N-methyl/N-ethyl adjacent to an activating group) is 1. The molecule has 2 aromatic carbocycles. The fourth-order valence-electron chi connectivity index (χ4n) is 3.38. The van der Waals surface area contributed by atoms with E-state index >= 15 is 0 Å². The van der Waals surface area contributed by atoms with E-state index in [1.807, 2.05) is 26.0 Å². The van der Waals surface area contributed by atoms with Crippen molar-refractivity contribution >= 4 is 40.7 Å². The number of carbonyl (C=O) groups is 3. The van der Waals surface area contributed by atoms with E-state index in [0.717, 1.165) is 17.2 Å². The van der Waals surface area contributed by atoms with E-state index in [1.165, 1.54) is 28.1 Å². The van der Waals surface area contributed by atoms with E-state index in [1.54, 1.807) is 13.0 Å². The Morgan fingerprint density at radius 1 is 1.16 bits per heavy atom. The van der Waals surface area contributed by atoms with E-state index in [2.05, 4.69) is 10.7 Å². The number of amides is 3. The Morgan fingerprint density at radius 3 is 2.55 bits per heavy atom. The number of benzene rings is 2. The van der Waals surface area contributed by atoms with Gasteiger partial charge in [-0.15, -0.1) is 0 Å². The third-order valence-electron chi connectivity index (χ3n) is 4.96. The minimum Gasteiger partial charge on any atom is -0.326 e. The summed E-state index contributed by atoms with van der Waals surface area (Å²) in [5.74, 6) is -1.97. The van der Waals surface area contributed by atoms with Crippen molar-refractivity contribution in [2.24, 2.45) is 0 Å². The number of nitrogens with one attached hydrogen (secondary N) is 2. The zero-order valence-corrected chi connectivity index (χ0v) is 18.3. The van der Waals surface area contributed by atoms with E-state index in [0.29, 0.717) is 12.2 Å². The van der Waals surface area contributed by atoms with Gasteiger partial charge in [0.15, 0.2) is 5.11 Å². The Labute approximate surface area is 185 Å². The number of rotatable bonds is 6. The van der Waals surface area contributed by atoms with Gasteiger partial charge in [0.1, 0.15) is 11.9 Å². The highest BCUT2D eigenvalue weighted by Gasteiger charge is 2.44. The van der Waals surface area contributed by atoms with Gasteiger partial charge >= 0.3 is 0 Å². The molecule has 3 rings (SSSR count). The molecule has 7 nitrogen and oxygen atoms in total. The molecule has 2 N–H and O–H groups in total. The first-order valence-electron chi connectivity index (χ1n) is 9.79. The number of hydrogen-bond acceptors (Lipinski definition) is 4. The second-order valence-electron chi connectivity index (χ2n) is 7.27. The number of carbonyl (C=O) groups excluding carboxylic acids is 3. The van der Waals surface area contributed by atoms with Crippen LogP contribution in [0.15, 0.2) is 42.5 Å².